The van der Waals surface area contributed by atoms with Crippen LogP contribution in [-0.4, -0.2) is 56.6 Å². The largest absolute Gasteiger partial charge is 0.378 e. The zero-order valence-electron chi connectivity index (χ0n) is 19.3. The highest BCUT2D eigenvalue weighted by atomic mass is 19.1. The molecule has 0 N–H and O–H groups in total. The molecule has 3 aromatic rings. The third-order valence-electron chi connectivity index (χ3n) is 6.23. The van der Waals surface area contributed by atoms with Crippen LogP contribution in [0.2, 0.25) is 0 Å². The van der Waals surface area contributed by atoms with Gasteiger partial charge in [0.15, 0.2) is 0 Å². The maximum Gasteiger partial charge on any atom is 0.123 e. The van der Waals surface area contributed by atoms with Gasteiger partial charge in [-0.3, -0.25) is 9.80 Å². The fourth-order valence-corrected chi connectivity index (χ4v) is 4.33. The van der Waals surface area contributed by atoms with Crippen molar-refractivity contribution in [3.63, 3.8) is 0 Å². The first-order chi connectivity index (χ1) is 16.0. The molecule has 0 radical (unpaired) electrons. The molecular formula is C28H31F2N3. The average Bonchev–Trinajstić information content (AvgIpc) is 2.83. The summed E-state index contributed by atoms with van der Waals surface area (Å²) in [6.45, 7) is 4.59. The van der Waals surface area contributed by atoms with E-state index in [4.69, 9.17) is 0 Å². The Hall–Kier alpha value is -3.02. The monoisotopic (exact) mass is 447 g/mol. The second-order valence-corrected chi connectivity index (χ2v) is 8.73. The number of nitrogens with zero attached hydrogens (tertiary/aromatic N) is 3. The van der Waals surface area contributed by atoms with Crippen LogP contribution in [0.1, 0.15) is 22.7 Å². The number of hydrogen-bond acceptors (Lipinski definition) is 3. The zero-order chi connectivity index (χ0) is 23.2. The fraction of sp³-hybridized carbons (Fsp3) is 0.286. The molecule has 3 nitrogen and oxygen atoms in total. The second kappa shape index (κ2) is 10.7. The lowest BCUT2D eigenvalue weighted by Crippen LogP contribution is -2.47. The number of hydrogen-bond donors (Lipinski definition) is 0. The molecule has 172 valence electrons. The molecule has 0 bridgehead atoms. The summed E-state index contributed by atoms with van der Waals surface area (Å²) in [5.74, 6) is -0.492. The van der Waals surface area contributed by atoms with E-state index >= 15 is 0 Å². The van der Waals surface area contributed by atoms with Gasteiger partial charge in [-0.15, -0.1) is 0 Å². The summed E-state index contributed by atoms with van der Waals surface area (Å²) < 4.78 is 27.0. The van der Waals surface area contributed by atoms with Crippen molar-refractivity contribution < 1.29 is 8.78 Å². The molecule has 1 saturated heterocycles. The van der Waals surface area contributed by atoms with Crippen LogP contribution in [0, 0.1) is 11.6 Å². The van der Waals surface area contributed by atoms with Gasteiger partial charge in [-0.1, -0.05) is 48.6 Å². The van der Waals surface area contributed by atoms with E-state index in [1.165, 1.54) is 35.5 Å². The van der Waals surface area contributed by atoms with Crippen LogP contribution < -0.4 is 4.90 Å². The number of piperazine rings is 1. The minimum absolute atomic E-state index is 0.0147. The molecule has 0 aliphatic carbocycles. The van der Waals surface area contributed by atoms with E-state index in [9.17, 15) is 8.78 Å². The predicted molar refractivity (Wildman–Crippen MR) is 132 cm³/mol. The van der Waals surface area contributed by atoms with E-state index in [1.54, 1.807) is 0 Å². The van der Waals surface area contributed by atoms with E-state index in [0.717, 1.165) is 43.9 Å². The lowest BCUT2D eigenvalue weighted by molar-refractivity contribution is 0.118. The van der Waals surface area contributed by atoms with Crippen LogP contribution in [0.3, 0.4) is 0 Å². The summed E-state index contributed by atoms with van der Waals surface area (Å²) in [6.07, 6.45) is 4.39. The number of anilines is 1. The van der Waals surface area contributed by atoms with Crippen molar-refractivity contribution in [1.29, 1.82) is 0 Å². The van der Waals surface area contributed by atoms with Crippen molar-refractivity contribution >= 4 is 11.8 Å². The van der Waals surface area contributed by atoms with Crippen LogP contribution >= 0.6 is 0 Å². The molecule has 1 heterocycles. The Labute approximate surface area is 195 Å². The fourth-order valence-electron chi connectivity index (χ4n) is 4.33. The summed E-state index contributed by atoms with van der Waals surface area (Å²) in [7, 11) is 4.09. The molecule has 4 rings (SSSR count). The van der Waals surface area contributed by atoms with Crippen molar-refractivity contribution in [2.75, 3.05) is 51.7 Å². The van der Waals surface area contributed by atoms with Crippen LogP contribution in [0.25, 0.3) is 6.08 Å². The van der Waals surface area contributed by atoms with Gasteiger partial charge in [0.1, 0.15) is 11.6 Å². The molecule has 1 aliphatic heterocycles. The quantitative estimate of drug-likeness (QED) is 0.477. The van der Waals surface area contributed by atoms with Crippen molar-refractivity contribution in [2.45, 2.75) is 6.04 Å². The Morgan fingerprint density at radius 1 is 0.758 bits per heavy atom. The molecule has 3 aromatic carbocycles. The third kappa shape index (κ3) is 6.06. The average molecular weight is 448 g/mol. The van der Waals surface area contributed by atoms with Crippen molar-refractivity contribution in [1.82, 2.24) is 9.80 Å². The summed E-state index contributed by atoms with van der Waals surface area (Å²) in [6, 6.07) is 21.8. The molecule has 0 atom stereocenters. The van der Waals surface area contributed by atoms with E-state index < -0.39 is 0 Å². The van der Waals surface area contributed by atoms with Gasteiger partial charge in [0.2, 0.25) is 0 Å². The van der Waals surface area contributed by atoms with Gasteiger partial charge in [0.05, 0.1) is 6.04 Å². The summed E-state index contributed by atoms with van der Waals surface area (Å²) in [4.78, 5) is 6.94. The summed E-state index contributed by atoms with van der Waals surface area (Å²) in [5.41, 5.74) is 4.45. The lowest BCUT2D eigenvalue weighted by atomic mass is 9.96. The molecule has 0 unspecified atom stereocenters. The van der Waals surface area contributed by atoms with Gasteiger partial charge >= 0.3 is 0 Å². The Morgan fingerprint density at radius 3 is 1.76 bits per heavy atom. The normalized spacial score (nSPS) is 15.4. The van der Waals surface area contributed by atoms with Crippen molar-refractivity contribution in [3.05, 3.63) is 107 Å². The van der Waals surface area contributed by atoms with Crippen LogP contribution in [-0.2, 0) is 0 Å². The molecule has 0 aromatic heterocycles. The minimum atomic E-state index is -0.246. The SMILES string of the molecule is CN(C)c1ccc(/C=C/CN2CCN(C(c3ccc(F)cc3)c3ccc(F)cc3)CC2)cc1. The Kier molecular flexibility index (Phi) is 7.53. The van der Waals surface area contributed by atoms with Crippen LogP contribution in [0.15, 0.2) is 78.9 Å². The molecule has 0 saturated carbocycles. The number of rotatable bonds is 7. The van der Waals surface area contributed by atoms with Gasteiger partial charge in [-0.2, -0.15) is 0 Å². The first-order valence-corrected chi connectivity index (χ1v) is 11.4. The summed E-state index contributed by atoms with van der Waals surface area (Å²) >= 11 is 0. The highest BCUT2D eigenvalue weighted by Gasteiger charge is 2.26. The second-order valence-electron chi connectivity index (χ2n) is 8.73. The highest BCUT2D eigenvalue weighted by molar-refractivity contribution is 5.55. The third-order valence-corrected chi connectivity index (χ3v) is 6.23. The molecule has 1 aliphatic rings. The minimum Gasteiger partial charge on any atom is -0.378 e. The highest BCUT2D eigenvalue weighted by Crippen LogP contribution is 2.30. The first kappa shape index (κ1) is 23.1. The van der Waals surface area contributed by atoms with Gasteiger partial charge in [-0.25, -0.2) is 8.78 Å². The van der Waals surface area contributed by atoms with Crippen molar-refractivity contribution in [2.24, 2.45) is 0 Å². The number of halogens is 2. The molecule has 5 heteroatoms. The lowest BCUT2D eigenvalue weighted by Gasteiger charge is -2.39. The molecular weight excluding hydrogens is 416 g/mol. The standard InChI is InChI=1S/C28H31F2N3/c1-31(2)27-15-5-22(6-16-27)4-3-17-32-18-20-33(21-19-32)28(23-7-11-25(29)12-8-23)24-9-13-26(30)14-10-24/h3-16,28H,17-21H2,1-2H3/b4-3+. The van der Waals surface area contributed by atoms with Gasteiger partial charge < -0.3 is 4.90 Å². The van der Waals surface area contributed by atoms with E-state index in [0.29, 0.717) is 0 Å². The first-order valence-electron chi connectivity index (χ1n) is 11.4. The maximum atomic E-state index is 13.5. The Bertz CT molecular complexity index is 991. The molecule has 0 spiro atoms. The van der Waals surface area contributed by atoms with Gasteiger partial charge in [0.25, 0.3) is 0 Å². The topological polar surface area (TPSA) is 9.72 Å². The van der Waals surface area contributed by atoms with Gasteiger partial charge in [-0.05, 0) is 53.1 Å². The predicted octanol–water partition coefficient (Wildman–Crippen LogP) is 5.45. The van der Waals surface area contributed by atoms with E-state index in [-0.39, 0.29) is 17.7 Å². The van der Waals surface area contributed by atoms with Crippen molar-refractivity contribution in [3.8, 4) is 0 Å². The van der Waals surface area contributed by atoms with Crippen LogP contribution in [0.5, 0.6) is 0 Å². The Balaban J connectivity index is 1.38. The van der Waals surface area contributed by atoms with Gasteiger partial charge in [0, 0.05) is 52.5 Å². The van der Waals surface area contributed by atoms with E-state index in [2.05, 4.69) is 51.1 Å². The van der Waals surface area contributed by atoms with E-state index in [1.807, 2.05) is 38.4 Å². The maximum absolute atomic E-state index is 13.5. The summed E-state index contributed by atoms with van der Waals surface area (Å²) in [5, 5.41) is 0. The number of benzene rings is 3. The molecule has 0 amide bonds. The Morgan fingerprint density at radius 2 is 1.27 bits per heavy atom. The van der Waals surface area contributed by atoms with Crippen LogP contribution in [0.4, 0.5) is 14.5 Å². The zero-order valence-corrected chi connectivity index (χ0v) is 19.3. The molecule has 33 heavy (non-hydrogen) atoms. The molecule has 1 fully saturated rings. The smallest absolute Gasteiger partial charge is 0.123 e.